The number of fused-ring (bicyclic) bond motifs is 4. The summed E-state index contributed by atoms with van der Waals surface area (Å²) in [5.41, 5.74) is 9.91. The van der Waals surface area contributed by atoms with Gasteiger partial charge in [0.05, 0.1) is 29.7 Å². The van der Waals surface area contributed by atoms with Crippen LogP contribution in [0.4, 0.5) is 0 Å². The van der Waals surface area contributed by atoms with Gasteiger partial charge >= 0.3 is 0 Å². The minimum absolute atomic E-state index is 0.356. The maximum absolute atomic E-state index is 5.05. The summed E-state index contributed by atoms with van der Waals surface area (Å²) < 4.78 is 0. The summed E-state index contributed by atoms with van der Waals surface area (Å²) >= 11 is 0. The van der Waals surface area contributed by atoms with Gasteiger partial charge in [-0.15, -0.1) is 0 Å². The highest BCUT2D eigenvalue weighted by molar-refractivity contribution is 5.91. The van der Waals surface area contributed by atoms with Crippen LogP contribution in [0.2, 0.25) is 0 Å². The molecule has 0 radical (unpaired) electrons. The van der Waals surface area contributed by atoms with Gasteiger partial charge in [0.1, 0.15) is 11.6 Å². The molecule has 190 valence electrons. The molecule has 2 fully saturated rings. The molecule has 0 spiro atoms. The van der Waals surface area contributed by atoms with Crippen LogP contribution in [0.3, 0.4) is 0 Å². The SMILES string of the molecule is c1cc2c(cc1-c1ccc3cc(-c4cnc(C5CCCN5)[nH]4)ccc3c1)CCc1[nH]c(C3CCCN3)nc1-2. The lowest BCUT2D eigenvalue weighted by molar-refractivity contribution is 0.611. The monoisotopic (exact) mass is 500 g/mol. The Morgan fingerprint density at radius 2 is 1.39 bits per heavy atom. The van der Waals surface area contributed by atoms with E-state index >= 15 is 0 Å². The van der Waals surface area contributed by atoms with E-state index in [1.807, 2.05) is 6.20 Å². The minimum atomic E-state index is 0.356. The Kier molecular flexibility index (Phi) is 5.23. The summed E-state index contributed by atoms with van der Waals surface area (Å²) in [7, 11) is 0. The zero-order chi connectivity index (χ0) is 25.1. The Balaban J connectivity index is 1.08. The first kappa shape index (κ1) is 22.3. The van der Waals surface area contributed by atoms with Gasteiger partial charge in [-0.2, -0.15) is 0 Å². The predicted octanol–water partition coefficient (Wildman–Crippen LogP) is 6.23. The summed E-state index contributed by atoms with van der Waals surface area (Å²) in [6.45, 7) is 2.16. The van der Waals surface area contributed by atoms with E-state index in [2.05, 4.69) is 80.2 Å². The molecule has 0 saturated carbocycles. The Hall–Kier alpha value is -3.74. The first-order valence-corrected chi connectivity index (χ1v) is 14.1. The lowest BCUT2D eigenvalue weighted by Gasteiger charge is -2.16. The minimum Gasteiger partial charge on any atom is -0.344 e. The number of nitrogens with zero attached hydrogens (tertiary/aromatic N) is 2. The number of aromatic amines is 2. The molecular formula is C32H32N6. The molecule has 5 aromatic rings. The van der Waals surface area contributed by atoms with E-state index in [-0.39, 0.29) is 0 Å². The molecule has 1 aliphatic carbocycles. The van der Waals surface area contributed by atoms with Crippen LogP contribution < -0.4 is 10.6 Å². The number of aromatic nitrogens is 4. The molecule has 6 heteroatoms. The number of rotatable bonds is 4. The summed E-state index contributed by atoms with van der Waals surface area (Å²) in [6.07, 6.45) is 8.81. The normalized spacial score (nSPS) is 20.6. The maximum atomic E-state index is 5.05. The van der Waals surface area contributed by atoms with Crippen molar-refractivity contribution in [1.29, 1.82) is 0 Å². The van der Waals surface area contributed by atoms with E-state index in [1.165, 1.54) is 63.5 Å². The van der Waals surface area contributed by atoms with E-state index in [4.69, 9.17) is 4.98 Å². The van der Waals surface area contributed by atoms with Gasteiger partial charge in [0, 0.05) is 16.8 Å². The molecule has 2 saturated heterocycles. The van der Waals surface area contributed by atoms with Crippen molar-refractivity contribution in [1.82, 2.24) is 30.6 Å². The van der Waals surface area contributed by atoms with Crippen molar-refractivity contribution >= 4 is 10.8 Å². The highest BCUT2D eigenvalue weighted by Gasteiger charge is 2.25. The third-order valence-corrected chi connectivity index (χ3v) is 8.66. The summed E-state index contributed by atoms with van der Waals surface area (Å²) in [5, 5.41) is 9.60. The molecule has 2 aliphatic heterocycles. The summed E-state index contributed by atoms with van der Waals surface area (Å²) in [4.78, 5) is 16.9. The molecule has 6 nitrogen and oxygen atoms in total. The number of H-pyrrole nitrogens is 2. The van der Waals surface area contributed by atoms with E-state index < -0.39 is 0 Å². The van der Waals surface area contributed by atoms with Gasteiger partial charge in [-0.1, -0.05) is 42.5 Å². The average Bonchev–Trinajstić information content (AvgIpc) is 3.78. The first-order chi connectivity index (χ1) is 18.8. The van der Waals surface area contributed by atoms with Crippen LogP contribution in [0.25, 0.3) is 44.4 Å². The Labute approximate surface area is 222 Å². The Morgan fingerprint density at radius 1 is 0.684 bits per heavy atom. The number of nitrogens with one attached hydrogen (secondary N) is 4. The lowest BCUT2D eigenvalue weighted by Crippen LogP contribution is -2.14. The van der Waals surface area contributed by atoms with Crippen molar-refractivity contribution in [3.8, 4) is 33.6 Å². The fourth-order valence-corrected chi connectivity index (χ4v) is 6.56. The summed E-state index contributed by atoms with van der Waals surface area (Å²) in [5.74, 6) is 2.16. The average molecular weight is 501 g/mol. The molecule has 0 bridgehead atoms. The van der Waals surface area contributed by atoms with Gasteiger partial charge in [-0.05, 0) is 91.2 Å². The third kappa shape index (κ3) is 3.79. The Morgan fingerprint density at radius 3 is 2.18 bits per heavy atom. The van der Waals surface area contributed by atoms with Crippen LogP contribution in [0.15, 0.2) is 60.8 Å². The zero-order valence-electron chi connectivity index (χ0n) is 21.5. The number of hydrogen-bond donors (Lipinski definition) is 4. The van der Waals surface area contributed by atoms with Crippen LogP contribution in [-0.2, 0) is 12.8 Å². The van der Waals surface area contributed by atoms with Gasteiger partial charge in [0.15, 0.2) is 0 Å². The molecule has 38 heavy (non-hydrogen) atoms. The highest BCUT2D eigenvalue weighted by Crippen LogP contribution is 2.37. The largest absolute Gasteiger partial charge is 0.344 e. The molecule has 2 unspecified atom stereocenters. The van der Waals surface area contributed by atoms with Crippen LogP contribution in [-0.4, -0.2) is 33.0 Å². The number of hydrogen-bond acceptors (Lipinski definition) is 4. The van der Waals surface area contributed by atoms with Crippen molar-refractivity contribution in [3.05, 3.63) is 83.7 Å². The lowest BCUT2D eigenvalue weighted by atomic mass is 9.89. The molecule has 4 N–H and O–H groups in total. The second-order valence-corrected chi connectivity index (χ2v) is 11.1. The van der Waals surface area contributed by atoms with Crippen molar-refractivity contribution in [2.45, 2.75) is 50.6 Å². The second kappa shape index (κ2) is 8.93. The molecule has 3 aromatic carbocycles. The predicted molar refractivity (Wildman–Crippen MR) is 152 cm³/mol. The molecule has 8 rings (SSSR count). The Bertz CT molecular complexity index is 1650. The van der Waals surface area contributed by atoms with E-state index in [1.54, 1.807) is 0 Å². The quantitative estimate of drug-likeness (QED) is 0.236. The molecule has 3 aliphatic rings. The molecule has 4 heterocycles. The third-order valence-electron chi connectivity index (χ3n) is 8.66. The van der Waals surface area contributed by atoms with Crippen LogP contribution >= 0.6 is 0 Å². The fourth-order valence-electron chi connectivity index (χ4n) is 6.56. The second-order valence-electron chi connectivity index (χ2n) is 11.1. The van der Waals surface area contributed by atoms with Crippen molar-refractivity contribution in [3.63, 3.8) is 0 Å². The van der Waals surface area contributed by atoms with E-state index in [0.717, 1.165) is 55.4 Å². The van der Waals surface area contributed by atoms with Crippen LogP contribution in [0.1, 0.15) is 60.7 Å². The molecule has 0 amide bonds. The van der Waals surface area contributed by atoms with Crippen molar-refractivity contribution in [2.75, 3.05) is 13.1 Å². The number of benzene rings is 3. The van der Waals surface area contributed by atoms with Gasteiger partial charge in [0.2, 0.25) is 0 Å². The summed E-state index contributed by atoms with van der Waals surface area (Å²) in [6, 6.07) is 21.2. The van der Waals surface area contributed by atoms with Gasteiger partial charge in [0.25, 0.3) is 0 Å². The molecule has 2 atom stereocenters. The van der Waals surface area contributed by atoms with E-state index in [9.17, 15) is 0 Å². The smallest absolute Gasteiger partial charge is 0.124 e. The van der Waals surface area contributed by atoms with Gasteiger partial charge < -0.3 is 20.6 Å². The molecule has 2 aromatic heterocycles. The first-order valence-electron chi connectivity index (χ1n) is 14.1. The van der Waals surface area contributed by atoms with Crippen molar-refractivity contribution in [2.24, 2.45) is 0 Å². The van der Waals surface area contributed by atoms with E-state index in [0.29, 0.717) is 12.1 Å². The topological polar surface area (TPSA) is 81.4 Å². The molecular weight excluding hydrogens is 468 g/mol. The highest BCUT2D eigenvalue weighted by atomic mass is 15.1. The zero-order valence-corrected chi connectivity index (χ0v) is 21.5. The standard InChI is InChI=1S/C32H32N6/c1-3-27(33-13-1)31-35-18-29(37-31)24-8-7-20-15-19(5-6-21(20)17-24)22-9-11-25-23(16-22)10-12-26-30(25)38-32(36-26)28-4-2-14-34-28/h5-9,11,15-18,27-28,33-34H,1-4,10,12-14H2,(H,35,37)(H,36,38). The number of imidazole rings is 2. The van der Waals surface area contributed by atoms with Crippen molar-refractivity contribution < 1.29 is 0 Å². The van der Waals surface area contributed by atoms with Gasteiger partial charge in [-0.3, -0.25) is 0 Å². The maximum Gasteiger partial charge on any atom is 0.124 e. The van der Waals surface area contributed by atoms with Crippen LogP contribution in [0, 0.1) is 0 Å². The van der Waals surface area contributed by atoms with Crippen LogP contribution in [0.5, 0.6) is 0 Å². The fraction of sp³-hybridized carbons (Fsp3) is 0.312. The number of aryl methyl sites for hydroxylation is 2. The van der Waals surface area contributed by atoms with Gasteiger partial charge in [-0.25, -0.2) is 9.97 Å².